The Hall–Kier alpha value is -2.37. The van der Waals surface area contributed by atoms with Gasteiger partial charge in [0.15, 0.2) is 0 Å². The van der Waals surface area contributed by atoms with Gasteiger partial charge < -0.3 is 0 Å². The van der Waals surface area contributed by atoms with Crippen LogP contribution in [-0.2, 0) is 19.5 Å². The molecule has 0 saturated carbocycles. The Morgan fingerprint density at radius 1 is 1.30 bits per heavy atom. The summed E-state index contributed by atoms with van der Waals surface area (Å²) in [6.07, 6.45) is 0.852. The van der Waals surface area contributed by atoms with E-state index in [-0.39, 0.29) is 11.6 Å². The molecular weight excluding hydrogens is 290 g/mol. The van der Waals surface area contributed by atoms with Crippen molar-refractivity contribution in [1.82, 2.24) is 24.4 Å². The largest absolute Gasteiger partial charge is 0.276 e. The van der Waals surface area contributed by atoms with Crippen LogP contribution < -0.4 is 5.56 Å². The van der Waals surface area contributed by atoms with Crippen LogP contribution in [0.3, 0.4) is 0 Å². The van der Waals surface area contributed by atoms with Gasteiger partial charge in [-0.15, -0.1) is 5.10 Å². The fourth-order valence-corrected chi connectivity index (χ4v) is 3.57. The molecule has 0 spiro atoms. The van der Waals surface area contributed by atoms with Crippen LogP contribution in [0.5, 0.6) is 0 Å². The highest BCUT2D eigenvalue weighted by Crippen LogP contribution is 2.27. The van der Waals surface area contributed by atoms with Gasteiger partial charge in [-0.3, -0.25) is 9.48 Å². The number of rotatable bonds is 2. The van der Waals surface area contributed by atoms with Gasteiger partial charge in [0, 0.05) is 0 Å². The molecule has 23 heavy (non-hydrogen) atoms. The number of benzene rings is 1. The molecule has 0 aliphatic carbocycles. The molecule has 0 N–H and O–H groups in total. The average molecular weight is 311 g/mol. The van der Waals surface area contributed by atoms with Crippen LogP contribution in [0.1, 0.15) is 38.2 Å². The SMILES string of the molecule is CCc1nnn2c1Cn1c3ccccc3c(=O)n1[C@@H](C(C)C)C2. The van der Waals surface area contributed by atoms with Crippen LogP contribution in [0.2, 0.25) is 0 Å². The molecule has 1 atom stereocenters. The van der Waals surface area contributed by atoms with Crippen LogP contribution in [0.15, 0.2) is 29.1 Å². The predicted molar refractivity (Wildman–Crippen MR) is 88.6 cm³/mol. The lowest BCUT2D eigenvalue weighted by Crippen LogP contribution is -2.31. The zero-order chi connectivity index (χ0) is 16.1. The lowest BCUT2D eigenvalue weighted by molar-refractivity contribution is 0.276. The summed E-state index contributed by atoms with van der Waals surface area (Å²) in [6.45, 7) is 7.73. The van der Waals surface area contributed by atoms with E-state index in [1.54, 1.807) is 0 Å². The van der Waals surface area contributed by atoms with Gasteiger partial charge in [0.05, 0.1) is 41.4 Å². The normalized spacial score (nSPS) is 17.3. The van der Waals surface area contributed by atoms with Crippen molar-refractivity contribution < 1.29 is 0 Å². The first-order valence-electron chi connectivity index (χ1n) is 8.23. The third-order valence-corrected chi connectivity index (χ3v) is 4.88. The summed E-state index contributed by atoms with van der Waals surface area (Å²) in [4.78, 5) is 13.0. The van der Waals surface area contributed by atoms with E-state index in [4.69, 9.17) is 0 Å². The molecule has 3 heterocycles. The molecule has 2 aromatic heterocycles. The van der Waals surface area contributed by atoms with E-state index >= 15 is 0 Å². The summed E-state index contributed by atoms with van der Waals surface area (Å²) in [5.41, 5.74) is 3.22. The van der Waals surface area contributed by atoms with E-state index in [2.05, 4.69) is 35.8 Å². The topological polar surface area (TPSA) is 57.6 Å². The van der Waals surface area contributed by atoms with Gasteiger partial charge >= 0.3 is 0 Å². The van der Waals surface area contributed by atoms with Crippen molar-refractivity contribution in [2.24, 2.45) is 5.92 Å². The number of nitrogens with zero attached hydrogens (tertiary/aromatic N) is 5. The molecule has 0 amide bonds. The Morgan fingerprint density at radius 3 is 2.83 bits per heavy atom. The smallest absolute Gasteiger partial charge is 0.274 e. The molecule has 3 aromatic rings. The Labute approximate surface area is 134 Å². The first-order chi connectivity index (χ1) is 11.1. The molecule has 0 unspecified atom stereocenters. The monoisotopic (exact) mass is 311 g/mol. The third-order valence-electron chi connectivity index (χ3n) is 4.88. The highest BCUT2D eigenvalue weighted by molar-refractivity contribution is 5.78. The Balaban J connectivity index is 2.04. The average Bonchev–Trinajstić information content (AvgIpc) is 2.99. The number of aryl methyl sites for hydroxylation is 1. The van der Waals surface area contributed by atoms with E-state index in [0.29, 0.717) is 19.0 Å². The molecule has 0 bridgehead atoms. The van der Waals surface area contributed by atoms with E-state index in [9.17, 15) is 4.79 Å². The minimum absolute atomic E-state index is 0.0718. The van der Waals surface area contributed by atoms with Crippen molar-refractivity contribution in [2.75, 3.05) is 0 Å². The third kappa shape index (κ3) is 1.97. The van der Waals surface area contributed by atoms with E-state index < -0.39 is 0 Å². The Kier molecular flexibility index (Phi) is 3.14. The molecule has 4 rings (SSSR count). The summed E-state index contributed by atoms with van der Waals surface area (Å²) in [6, 6.07) is 7.93. The quantitative estimate of drug-likeness (QED) is 0.729. The fraction of sp³-hybridized carbons (Fsp3) is 0.471. The molecule has 1 aromatic carbocycles. The van der Waals surface area contributed by atoms with Crippen molar-refractivity contribution in [3.63, 3.8) is 0 Å². The first kappa shape index (κ1) is 14.2. The second-order valence-corrected chi connectivity index (χ2v) is 6.55. The molecule has 120 valence electrons. The maximum atomic E-state index is 13.0. The molecule has 0 saturated heterocycles. The molecule has 1 aliphatic heterocycles. The van der Waals surface area contributed by atoms with Crippen molar-refractivity contribution >= 4 is 10.9 Å². The number of fused-ring (bicyclic) bond motifs is 4. The standard InChI is InChI=1S/C17H21N5O/c1-4-13-16-10-21-14-8-6-5-7-12(14)17(23)22(21)15(11(2)3)9-20(16)19-18-13/h5-8,11,15H,4,9-10H2,1-3H3/t15-/m1/s1. The number of para-hydroxylation sites is 1. The summed E-state index contributed by atoms with van der Waals surface area (Å²) in [5, 5.41) is 9.44. The second-order valence-electron chi connectivity index (χ2n) is 6.55. The van der Waals surface area contributed by atoms with Crippen molar-refractivity contribution in [3.8, 4) is 0 Å². The van der Waals surface area contributed by atoms with E-state index in [0.717, 1.165) is 28.7 Å². The van der Waals surface area contributed by atoms with Crippen molar-refractivity contribution in [2.45, 2.75) is 46.3 Å². The zero-order valence-electron chi connectivity index (χ0n) is 13.7. The zero-order valence-corrected chi connectivity index (χ0v) is 13.7. The first-order valence-corrected chi connectivity index (χ1v) is 8.23. The summed E-state index contributed by atoms with van der Waals surface area (Å²) in [7, 11) is 0. The summed E-state index contributed by atoms with van der Waals surface area (Å²) < 4.78 is 6.03. The molecule has 6 nitrogen and oxygen atoms in total. The van der Waals surface area contributed by atoms with Gasteiger partial charge in [0.1, 0.15) is 0 Å². The minimum Gasteiger partial charge on any atom is -0.276 e. The molecule has 6 heteroatoms. The number of aromatic nitrogens is 5. The van der Waals surface area contributed by atoms with Crippen molar-refractivity contribution in [3.05, 3.63) is 46.0 Å². The molecular formula is C17H21N5O. The summed E-state index contributed by atoms with van der Waals surface area (Å²) in [5.74, 6) is 0.330. The molecule has 0 radical (unpaired) electrons. The second kappa shape index (κ2) is 5.08. The lowest BCUT2D eigenvalue weighted by Gasteiger charge is -2.22. The maximum absolute atomic E-state index is 13.0. The number of hydrogen-bond acceptors (Lipinski definition) is 3. The summed E-state index contributed by atoms with van der Waals surface area (Å²) >= 11 is 0. The van der Waals surface area contributed by atoms with Gasteiger partial charge in [-0.1, -0.05) is 38.1 Å². The van der Waals surface area contributed by atoms with E-state index in [1.165, 1.54) is 0 Å². The van der Waals surface area contributed by atoms with Crippen LogP contribution in [0.25, 0.3) is 10.9 Å². The van der Waals surface area contributed by atoms with Crippen molar-refractivity contribution in [1.29, 1.82) is 0 Å². The highest BCUT2D eigenvalue weighted by Gasteiger charge is 2.29. The van der Waals surface area contributed by atoms with Gasteiger partial charge in [-0.25, -0.2) is 9.36 Å². The Bertz CT molecular complexity index is 930. The number of hydrogen-bond donors (Lipinski definition) is 0. The predicted octanol–water partition coefficient (Wildman–Crippen LogP) is 2.22. The van der Waals surface area contributed by atoms with Crippen LogP contribution in [0, 0.1) is 5.92 Å². The Morgan fingerprint density at radius 2 is 2.09 bits per heavy atom. The van der Waals surface area contributed by atoms with E-state index in [1.807, 2.05) is 33.6 Å². The molecule has 0 fully saturated rings. The van der Waals surface area contributed by atoms with Gasteiger partial charge in [-0.2, -0.15) is 0 Å². The maximum Gasteiger partial charge on any atom is 0.274 e. The fourth-order valence-electron chi connectivity index (χ4n) is 3.57. The lowest BCUT2D eigenvalue weighted by atomic mass is 10.0. The van der Waals surface area contributed by atoms with Gasteiger partial charge in [0.25, 0.3) is 5.56 Å². The van der Waals surface area contributed by atoms with Crippen LogP contribution in [0.4, 0.5) is 0 Å². The minimum atomic E-state index is 0.0718. The van der Waals surface area contributed by atoms with Gasteiger partial charge in [-0.05, 0) is 24.5 Å². The van der Waals surface area contributed by atoms with Crippen LogP contribution in [-0.4, -0.2) is 24.4 Å². The highest BCUT2D eigenvalue weighted by atomic mass is 16.1. The van der Waals surface area contributed by atoms with Gasteiger partial charge in [0.2, 0.25) is 0 Å². The van der Waals surface area contributed by atoms with Crippen LogP contribution >= 0.6 is 0 Å². The molecule has 1 aliphatic rings.